The van der Waals surface area contributed by atoms with Gasteiger partial charge in [0.05, 0.1) is 6.20 Å². The fourth-order valence-corrected chi connectivity index (χ4v) is 1.89. The van der Waals surface area contributed by atoms with Gasteiger partial charge in [-0.2, -0.15) is 0 Å². The molecular weight excluding hydrogens is 206 g/mol. The molecular formula is C7H5N3OS2. The molecule has 0 saturated heterocycles. The molecule has 66 valence electrons. The van der Waals surface area contributed by atoms with Gasteiger partial charge in [-0.05, 0) is 29.1 Å². The number of aromatic nitrogens is 3. The van der Waals surface area contributed by atoms with Crippen LogP contribution in [-0.2, 0) is 6.42 Å². The summed E-state index contributed by atoms with van der Waals surface area (Å²) in [5.74, 6) is 0.0549. The molecule has 0 unspecified atom stereocenters. The third-order valence-electron chi connectivity index (χ3n) is 1.46. The van der Waals surface area contributed by atoms with Crippen molar-refractivity contribution in [1.29, 1.82) is 0 Å². The number of hydrogen-bond donors (Lipinski definition) is 0. The third kappa shape index (κ3) is 1.96. The van der Waals surface area contributed by atoms with Crippen LogP contribution in [0.2, 0.25) is 0 Å². The highest BCUT2D eigenvalue weighted by Crippen LogP contribution is 2.11. The van der Waals surface area contributed by atoms with Crippen LogP contribution >= 0.6 is 23.1 Å². The van der Waals surface area contributed by atoms with Gasteiger partial charge in [0.2, 0.25) is 0 Å². The van der Waals surface area contributed by atoms with E-state index in [1.165, 1.54) is 17.7 Å². The third-order valence-corrected chi connectivity index (χ3v) is 2.91. The van der Waals surface area contributed by atoms with Gasteiger partial charge in [0.1, 0.15) is 4.88 Å². The first-order valence-electron chi connectivity index (χ1n) is 3.56. The van der Waals surface area contributed by atoms with E-state index < -0.39 is 0 Å². The van der Waals surface area contributed by atoms with Gasteiger partial charge in [-0.1, -0.05) is 4.49 Å². The number of carbonyl (C=O) groups excluding carboxylic acids is 1. The predicted octanol–water partition coefficient (Wildman–Crippen LogP) is 1.42. The molecule has 0 radical (unpaired) electrons. The molecule has 0 saturated carbocycles. The monoisotopic (exact) mass is 211 g/mol. The summed E-state index contributed by atoms with van der Waals surface area (Å²) in [5.41, 5.74) is 0. The van der Waals surface area contributed by atoms with Crippen molar-refractivity contribution in [2.45, 2.75) is 6.42 Å². The van der Waals surface area contributed by atoms with E-state index in [1.54, 1.807) is 6.20 Å². The highest BCUT2D eigenvalue weighted by atomic mass is 32.1. The van der Waals surface area contributed by atoms with Gasteiger partial charge in [-0.25, -0.2) is 4.37 Å². The topological polar surface area (TPSA) is 55.7 Å². The Morgan fingerprint density at radius 2 is 2.38 bits per heavy atom. The SMILES string of the molecule is O=C(Cc1ccns1)c1cnns1. The molecule has 0 aromatic carbocycles. The Morgan fingerprint density at radius 1 is 1.46 bits per heavy atom. The zero-order valence-electron chi connectivity index (χ0n) is 6.51. The summed E-state index contributed by atoms with van der Waals surface area (Å²) in [6.45, 7) is 0. The van der Waals surface area contributed by atoms with Crippen LogP contribution in [0.3, 0.4) is 0 Å². The minimum Gasteiger partial charge on any atom is -0.293 e. The molecule has 0 N–H and O–H groups in total. The van der Waals surface area contributed by atoms with Crippen LogP contribution in [0, 0.1) is 0 Å². The number of nitrogens with zero attached hydrogens (tertiary/aromatic N) is 3. The van der Waals surface area contributed by atoms with Crippen LogP contribution in [-0.4, -0.2) is 19.7 Å². The van der Waals surface area contributed by atoms with Gasteiger partial charge in [0.15, 0.2) is 5.78 Å². The summed E-state index contributed by atoms with van der Waals surface area (Å²) in [6, 6.07) is 1.84. The molecule has 0 atom stereocenters. The molecule has 4 nitrogen and oxygen atoms in total. The van der Waals surface area contributed by atoms with E-state index in [1.807, 2.05) is 6.07 Å². The fraction of sp³-hybridized carbons (Fsp3) is 0.143. The summed E-state index contributed by atoms with van der Waals surface area (Å²) in [4.78, 5) is 13.1. The first-order valence-corrected chi connectivity index (χ1v) is 5.11. The van der Waals surface area contributed by atoms with E-state index in [4.69, 9.17) is 0 Å². The predicted molar refractivity (Wildman–Crippen MR) is 50.1 cm³/mol. The Labute approximate surface area is 82.6 Å². The maximum atomic E-state index is 11.5. The molecule has 2 rings (SSSR count). The standard InChI is InChI=1S/C7H5N3OS2/c11-6(7-4-8-10-13-7)3-5-1-2-9-12-5/h1-2,4H,3H2. The van der Waals surface area contributed by atoms with Crippen molar-refractivity contribution in [3.8, 4) is 0 Å². The molecule has 0 spiro atoms. The molecule has 0 amide bonds. The van der Waals surface area contributed by atoms with Crippen molar-refractivity contribution in [3.05, 3.63) is 28.2 Å². The summed E-state index contributed by atoms with van der Waals surface area (Å²) < 4.78 is 7.55. The molecule has 0 fully saturated rings. The van der Waals surface area contributed by atoms with E-state index in [0.717, 1.165) is 16.4 Å². The molecule has 13 heavy (non-hydrogen) atoms. The van der Waals surface area contributed by atoms with E-state index in [-0.39, 0.29) is 5.78 Å². The van der Waals surface area contributed by atoms with Gasteiger partial charge >= 0.3 is 0 Å². The van der Waals surface area contributed by atoms with Gasteiger partial charge in [-0.3, -0.25) is 4.79 Å². The van der Waals surface area contributed by atoms with E-state index in [2.05, 4.69) is 14.0 Å². The maximum Gasteiger partial charge on any atom is 0.181 e. The second-order valence-electron chi connectivity index (χ2n) is 2.36. The van der Waals surface area contributed by atoms with Crippen molar-refractivity contribution in [2.24, 2.45) is 0 Å². The van der Waals surface area contributed by atoms with Gasteiger partial charge in [0.25, 0.3) is 0 Å². The van der Waals surface area contributed by atoms with Gasteiger partial charge < -0.3 is 0 Å². The van der Waals surface area contributed by atoms with Crippen LogP contribution in [0.25, 0.3) is 0 Å². The second-order valence-corrected chi connectivity index (χ2v) is 4.06. The smallest absolute Gasteiger partial charge is 0.181 e. The number of Topliss-reactive ketones (excluding diaryl/α,β-unsaturated/α-hetero) is 1. The zero-order chi connectivity index (χ0) is 9.10. The largest absolute Gasteiger partial charge is 0.293 e. The highest BCUT2D eigenvalue weighted by Gasteiger charge is 2.09. The quantitative estimate of drug-likeness (QED) is 0.720. The fourth-order valence-electron chi connectivity index (χ4n) is 0.869. The minimum absolute atomic E-state index is 0.0549. The lowest BCUT2D eigenvalue weighted by Crippen LogP contribution is -1.98. The van der Waals surface area contributed by atoms with E-state index in [9.17, 15) is 4.79 Å². The average Bonchev–Trinajstić information content (AvgIpc) is 2.74. The van der Waals surface area contributed by atoms with E-state index in [0.29, 0.717) is 11.3 Å². The normalized spacial score (nSPS) is 10.2. The molecule has 0 aliphatic heterocycles. The number of carbonyl (C=O) groups is 1. The maximum absolute atomic E-state index is 11.5. The summed E-state index contributed by atoms with van der Waals surface area (Å²) in [6.07, 6.45) is 3.58. The van der Waals surface area contributed by atoms with Crippen LogP contribution in [0.5, 0.6) is 0 Å². The molecule has 2 aromatic heterocycles. The van der Waals surface area contributed by atoms with E-state index >= 15 is 0 Å². The Balaban J connectivity index is 2.08. The van der Waals surface area contributed by atoms with Crippen LogP contribution in [0.15, 0.2) is 18.5 Å². The average molecular weight is 211 g/mol. The molecule has 6 heteroatoms. The Kier molecular flexibility index (Phi) is 2.42. The molecule has 2 heterocycles. The molecule has 2 aromatic rings. The van der Waals surface area contributed by atoms with Crippen LogP contribution < -0.4 is 0 Å². The second kappa shape index (κ2) is 3.71. The van der Waals surface area contributed by atoms with Crippen LogP contribution in [0.1, 0.15) is 14.5 Å². The highest BCUT2D eigenvalue weighted by molar-refractivity contribution is 7.08. The molecule has 0 bridgehead atoms. The zero-order valence-corrected chi connectivity index (χ0v) is 8.14. The summed E-state index contributed by atoms with van der Waals surface area (Å²) in [7, 11) is 0. The lowest BCUT2D eigenvalue weighted by atomic mass is 10.2. The van der Waals surface area contributed by atoms with Gasteiger partial charge in [-0.15, -0.1) is 5.10 Å². The van der Waals surface area contributed by atoms with Crippen molar-refractivity contribution in [3.63, 3.8) is 0 Å². The lowest BCUT2D eigenvalue weighted by molar-refractivity contribution is 0.0997. The van der Waals surface area contributed by atoms with Crippen molar-refractivity contribution in [2.75, 3.05) is 0 Å². The minimum atomic E-state index is 0.0549. The first-order chi connectivity index (χ1) is 6.36. The van der Waals surface area contributed by atoms with Crippen LogP contribution in [0.4, 0.5) is 0 Å². The first kappa shape index (κ1) is 8.46. The summed E-state index contributed by atoms with van der Waals surface area (Å²) in [5, 5.41) is 3.61. The summed E-state index contributed by atoms with van der Waals surface area (Å²) >= 11 is 2.47. The number of ketones is 1. The Morgan fingerprint density at radius 3 is 3.00 bits per heavy atom. The molecule has 0 aliphatic carbocycles. The number of rotatable bonds is 3. The Hall–Kier alpha value is -1.14. The van der Waals surface area contributed by atoms with Crippen molar-refractivity contribution in [1.82, 2.24) is 14.0 Å². The molecule has 0 aliphatic rings. The Bertz CT molecular complexity index is 382. The van der Waals surface area contributed by atoms with Crippen molar-refractivity contribution < 1.29 is 4.79 Å². The van der Waals surface area contributed by atoms with Crippen molar-refractivity contribution >= 4 is 28.8 Å². The lowest BCUT2D eigenvalue weighted by Gasteiger charge is -1.90. The number of hydrogen-bond acceptors (Lipinski definition) is 6. The van der Waals surface area contributed by atoms with Gasteiger partial charge in [0, 0.05) is 17.5 Å².